The van der Waals surface area contributed by atoms with E-state index in [2.05, 4.69) is 13.8 Å². The van der Waals surface area contributed by atoms with E-state index in [9.17, 15) is 33.3 Å². The van der Waals surface area contributed by atoms with Crippen molar-refractivity contribution in [3.63, 3.8) is 0 Å². The van der Waals surface area contributed by atoms with Crippen LogP contribution in [0.15, 0.2) is 0 Å². The van der Waals surface area contributed by atoms with Crippen LogP contribution in [0.5, 0.6) is 0 Å². The van der Waals surface area contributed by atoms with Gasteiger partial charge in [0.15, 0.2) is 0 Å². The van der Waals surface area contributed by atoms with Gasteiger partial charge in [-0.05, 0) is 0 Å². The molecule has 0 rings (SSSR count). The van der Waals surface area contributed by atoms with E-state index < -0.39 is 44.1 Å². The number of carboxylic acid groups (broad SMARTS) is 2. The maximum absolute atomic E-state index is 10.7. The zero-order chi connectivity index (χ0) is 15.2. The molecule has 0 amide bonds. The Morgan fingerprint density at radius 3 is 1.53 bits per heavy atom. The monoisotopic (exact) mass is 298 g/mol. The van der Waals surface area contributed by atoms with Crippen LogP contribution in [0.25, 0.3) is 0 Å². The molecule has 0 bridgehead atoms. The van der Waals surface area contributed by atoms with Gasteiger partial charge in [0.25, 0.3) is 0 Å². The van der Waals surface area contributed by atoms with E-state index in [1.54, 1.807) is 0 Å². The standard InChI is InChI=1S/C6H3O12P/c7-1(8)3(11)16-5(13)6(14)18-19(15)17-4(12)2(9)10/h19H,(H,7,8)(H,9,10). The average Bonchev–Trinajstić information content (AvgIpc) is 2.27. The highest BCUT2D eigenvalue weighted by molar-refractivity contribution is 7.35. The van der Waals surface area contributed by atoms with Crippen molar-refractivity contribution >= 4 is 44.1 Å². The quantitative estimate of drug-likeness (QED) is 0.240. The zero-order valence-electron chi connectivity index (χ0n) is 8.48. The molecule has 1 atom stereocenters. The average molecular weight is 298 g/mol. The zero-order valence-corrected chi connectivity index (χ0v) is 9.48. The van der Waals surface area contributed by atoms with Crippen molar-refractivity contribution in [3.8, 4) is 0 Å². The molecule has 0 aromatic carbocycles. The normalized spacial score (nSPS) is 10.7. The largest absolute Gasteiger partial charge is 0.473 e. The van der Waals surface area contributed by atoms with E-state index >= 15 is 0 Å². The van der Waals surface area contributed by atoms with E-state index in [0.29, 0.717) is 0 Å². The number of esters is 2. The first kappa shape index (κ1) is 16.2. The van der Waals surface area contributed by atoms with Crippen LogP contribution in [0.4, 0.5) is 0 Å². The predicted octanol–water partition coefficient (Wildman–Crippen LogP) is -2.30. The second-order valence-electron chi connectivity index (χ2n) is 2.32. The highest BCUT2D eigenvalue weighted by atomic mass is 31.1. The van der Waals surface area contributed by atoms with Crippen LogP contribution >= 0.6 is 8.25 Å². The minimum Gasteiger partial charge on any atom is -0.473 e. The van der Waals surface area contributed by atoms with E-state index in [4.69, 9.17) is 10.2 Å². The second-order valence-corrected chi connectivity index (χ2v) is 3.22. The van der Waals surface area contributed by atoms with Crippen molar-refractivity contribution in [2.45, 2.75) is 0 Å². The summed E-state index contributed by atoms with van der Waals surface area (Å²) in [6, 6.07) is 0. The SMILES string of the molecule is O=C(O)C(=O)OC(=O)C(=O)O[PH](=O)OC(=O)C(=O)O. The van der Waals surface area contributed by atoms with Gasteiger partial charge in [0, 0.05) is 0 Å². The number of hydrogen-bond acceptors (Lipinski definition) is 10. The van der Waals surface area contributed by atoms with E-state index in [1.165, 1.54) is 0 Å². The number of ether oxygens (including phenoxy) is 1. The van der Waals surface area contributed by atoms with Crippen LogP contribution in [0.3, 0.4) is 0 Å². The number of carbonyl (C=O) groups excluding carboxylic acids is 4. The Morgan fingerprint density at radius 1 is 0.684 bits per heavy atom. The molecule has 104 valence electrons. The Kier molecular flexibility index (Phi) is 5.87. The lowest BCUT2D eigenvalue weighted by Crippen LogP contribution is -2.26. The second kappa shape index (κ2) is 6.86. The van der Waals surface area contributed by atoms with E-state index in [0.717, 1.165) is 0 Å². The molecule has 0 spiro atoms. The predicted molar refractivity (Wildman–Crippen MR) is 47.6 cm³/mol. The molecular formula is C6H3O12P. The minimum absolute atomic E-state index is 2.02. The van der Waals surface area contributed by atoms with Gasteiger partial charge in [-0.3, -0.25) is 0 Å². The first-order chi connectivity index (χ1) is 8.65. The van der Waals surface area contributed by atoms with Gasteiger partial charge in [-0.1, -0.05) is 0 Å². The van der Waals surface area contributed by atoms with Crippen molar-refractivity contribution in [1.82, 2.24) is 0 Å². The molecule has 0 radical (unpaired) electrons. The topological polar surface area (TPSA) is 188 Å². The molecule has 2 N–H and O–H groups in total. The summed E-state index contributed by atoms with van der Waals surface area (Å²) in [7, 11) is -4.02. The lowest BCUT2D eigenvalue weighted by atomic mass is 10.6. The van der Waals surface area contributed by atoms with Gasteiger partial charge in [-0.2, -0.15) is 0 Å². The maximum Gasteiger partial charge on any atom is 0.425 e. The number of hydrogen-bond donors (Lipinski definition) is 2. The summed E-state index contributed by atoms with van der Waals surface area (Å²) >= 11 is 0. The summed E-state index contributed by atoms with van der Waals surface area (Å²) in [6.07, 6.45) is 0. The Balaban J connectivity index is 4.38. The van der Waals surface area contributed by atoms with Gasteiger partial charge in [0.1, 0.15) is 0 Å². The highest BCUT2D eigenvalue weighted by Crippen LogP contribution is 2.24. The lowest BCUT2D eigenvalue weighted by molar-refractivity contribution is -0.175. The maximum atomic E-state index is 10.7. The Labute approximate surface area is 102 Å². The molecule has 0 aliphatic rings. The molecule has 0 aliphatic carbocycles. The summed E-state index contributed by atoms with van der Waals surface area (Å²) in [4.78, 5) is 61.9. The van der Waals surface area contributed by atoms with E-state index in [1.807, 2.05) is 0 Å². The third kappa shape index (κ3) is 5.93. The molecule has 12 nitrogen and oxygen atoms in total. The van der Waals surface area contributed by atoms with Gasteiger partial charge in [-0.15, -0.1) is 0 Å². The highest BCUT2D eigenvalue weighted by Gasteiger charge is 2.28. The summed E-state index contributed by atoms with van der Waals surface area (Å²) < 4.78 is 21.3. The Hall–Kier alpha value is -2.75. The van der Waals surface area contributed by atoms with Crippen LogP contribution in [0.2, 0.25) is 0 Å². The number of carbonyl (C=O) groups is 6. The minimum atomic E-state index is -4.02. The molecule has 13 heteroatoms. The molecule has 0 heterocycles. The van der Waals surface area contributed by atoms with Gasteiger partial charge < -0.3 is 24.0 Å². The van der Waals surface area contributed by atoms with Gasteiger partial charge in [-0.25, -0.2) is 33.3 Å². The summed E-state index contributed by atoms with van der Waals surface area (Å²) in [5, 5.41) is 16.0. The van der Waals surface area contributed by atoms with Crippen molar-refractivity contribution < 1.29 is 57.3 Å². The van der Waals surface area contributed by atoms with Crippen molar-refractivity contribution in [3.05, 3.63) is 0 Å². The fourth-order valence-electron chi connectivity index (χ4n) is 0.427. The van der Waals surface area contributed by atoms with Crippen LogP contribution in [-0.2, 0) is 47.1 Å². The number of aliphatic carboxylic acids is 2. The van der Waals surface area contributed by atoms with Gasteiger partial charge >= 0.3 is 44.1 Å². The molecular weight excluding hydrogens is 295 g/mol. The smallest absolute Gasteiger partial charge is 0.425 e. The molecule has 0 aromatic rings. The van der Waals surface area contributed by atoms with Crippen LogP contribution in [0.1, 0.15) is 0 Å². The molecule has 1 unspecified atom stereocenters. The molecule has 19 heavy (non-hydrogen) atoms. The van der Waals surface area contributed by atoms with Crippen molar-refractivity contribution in [2.24, 2.45) is 0 Å². The third-order valence-corrected chi connectivity index (χ3v) is 1.76. The first-order valence-corrected chi connectivity index (χ1v) is 5.08. The molecule has 0 fully saturated rings. The molecule has 0 aliphatic heterocycles. The summed E-state index contributed by atoms with van der Waals surface area (Å²) in [5.41, 5.74) is 0. The van der Waals surface area contributed by atoms with E-state index in [-0.39, 0.29) is 0 Å². The fraction of sp³-hybridized carbons (Fsp3) is 0. The molecule has 0 aromatic heterocycles. The fourth-order valence-corrected chi connectivity index (χ4v) is 0.942. The van der Waals surface area contributed by atoms with Crippen LogP contribution in [-0.4, -0.2) is 46.0 Å². The van der Waals surface area contributed by atoms with Crippen LogP contribution < -0.4 is 0 Å². The van der Waals surface area contributed by atoms with Gasteiger partial charge in [0.2, 0.25) is 0 Å². The lowest BCUT2D eigenvalue weighted by Gasteiger charge is -2.02. The summed E-state index contributed by atoms with van der Waals surface area (Å²) in [5.74, 6) is -12.7. The van der Waals surface area contributed by atoms with Crippen LogP contribution in [0, 0.1) is 0 Å². The number of rotatable bonds is 2. The Morgan fingerprint density at radius 2 is 1.11 bits per heavy atom. The first-order valence-electron chi connectivity index (χ1n) is 3.85. The van der Waals surface area contributed by atoms with Crippen molar-refractivity contribution in [1.29, 1.82) is 0 Å². The molecule has 0 saturated heterocycles. The Bertz CT molecular complexity index is 488. The van der Waals surface area contributed by atoms with Gasteiger partial charge in [0.05, 0.1) is 0 Å². The summed E-state index contributed by atoms with van der Waals surface area (Å²) in [6.45, 7) is 0. The van der Waals surface area contributed by atoms with Crippen molar-refractivity contribution in [2.75, 3.05) is 0 Å². The third-order valence-electron chi connectivity index (χ3n) is 1.05. The molecule has 0 saturated carbocycles. The number of carboxylic acids is 2.